The topological polar surface area (TPSA) is 84.5 Å². The van der Waals surface area contributed by atoms with Crippen molar-refractivity contribution in [3.05, 3.63) is 35.6 Å². The quantitative estimate of drug-likeness (QED) is 0.799. The van der Waals surface area contributed by atoms with E-state index in [9.17, 15) is 18.8 Å². The summed E-state index contributed by atoms with van der Waals surface area (Å²) in [7, 11) is 0. The molecule has 7 heteroatoms. The van der Waals surface area contributed by atoms with Crippen LogP contribution in [-0.4, -0.2) is 30.1 Å². The van der Waals surface area contributed by atoms with Gasteiger partial charge >= 0.3 is 12.0 Å². The van der Waals surface area contributed by atoms with Crippen molar-refractivity contribution in [3.8, 4) is 0 Å². The van der Waals surface area contributed by atoms with Gasteiger partial charge in [-0.05, 0) is 37.5 Å². The minimum atomic E-state index is -1.11. The van der Waals surface area contributed by atoms with Crippen LogP contribution in [0.3, 0.4) is 0 Å². The van der Waals surface area contributed by atoms with Crippen LogP contribution in [0, 0.1) is 5.82 Å². The molecule has 1 atom stereocenters. The molecule has 0 heterocycles. The summed E-state index contributed by atoms with van der Waals surface area (Å²) in [5.41, 5.74) is 0.452. The van der Waals surface area contributed by atoms with Crippen molar-refractivity contribution in [3.63, 3.8) is 0 Å². The molecule has 0 saturated heterocycles. The molecule has 3 amide bonds. The lowest BCUT2D eigenvalue weighted by Crippen LogP contribution is -2.48. The summed E-state index contributed by atoms with van der Waals surface area (Å²) in [6.45, 7) is 1.38. The maximum Gasteiger partial charge on any atom is 0.321 e. The molecule has 25 heavy (non-hydrogen) atoms. The highest BCUT2D eigenvalue weighted by Crippen LogP contribution is 2.17. The number of ether oxygens (including phenoxy) is 1. The zero-order valence-electron chi connectivity index (χ0n) is 14.2. The Labute approximate surface area is 146 Å². The van der Waals surface area contributed by atoms with E-state index in [-0.39, 0.29) is 12.5 Å². The number of esters is 1. The largest absolute Gasteiger partial charge is 0.452 e. The fraction of sp³-hybridized carbons (Fsp3) is 0.500. The molecule has 1 aromatic carbocycles. The van der Waals surface area contributed by atoms with Crippen LogP contribution < -0.4 is 10.6 Å². The van der Waals surface area contributed by atoms with Gasteiger partial charge in [0.25, 0.3) is 5.91 Å². The summed E-state index contributed by atoms with van der Waals surface area (Å²) in [6.07, 6.45) is 3.83. The standard InChI is InChI=1S/C18H23FN2O4/c1-12(25-16(22)11-13-6-5-7-14(19)10-13)17(23)21-18(24)20-15-8-3-2-4-9-15/h5-7,10,12,15H,2-4,8-9,11H2,1H3,(H2,20,21,23,24)/t12-/m1/s1. The van der Waals surface area contributed by atoms with Crippen molar-refractivity contribution in [2.24, 2.45) is 0 Å². The lowest BCUT2D eigenvalue weighted by atomic mass is 9.96. The minimum Gasteiger partial charge on any atom is -0.452 e. The monoisotopic (exact) mass is 350 g/mol. The molecule has 0 spiro atoms. The van der Waals surface area contributed by atoms with Crippen molar-refractivity contribution in [2.75, 3.05) is 0 Å². The summed E-state index contributed by atoms with van der Waals surface area (Å²) in [5.74, 6) is -1.81. The molecule has 1 saturated carbocycles. The lowest BCUT2D eigenvalue weighted by Gasteiger charge is -2.23. The Morgan fingerprint density at radius 2 is 1.96 bits per heavy atom. The number of hydrogen-bond acceptors (Lipinski definition) is 4. The summed E-state index contributed by atoms with van der Waals surface area (Å²) in [4.78, 5) is 35.6. The van der Waals surface area contributed by atoms with E-state index in [0.29, 0.717) is 5.56 Å². The zero-order valence-corrected chi connectivity index (χ0v) is 14.2. The average Bonchev–Trinajstić information content (AvgIpc) is 2.55. The van der Waals surface area contributed by atoms with Gasteiger partial charge in [0.1, 0.15) is 5.82 Å². The van der Waals surface area contributed by atoms with E-state index in [1.165, 1.54) is 25.1 Å². The fourth-order valence-electron chi connectivity index (χ4n) is 2.79. The molecule has 0 radical (unpaired) electrons. The predicted molar refractivity (Wildman–Crippen MR) is 89.2 cm³/mol. The van der Waals surface area contributed by atoms with E-state index in [1.807, 2.05) is 0 Å². The van der Waals surface area contributed by atoms with Gasteiger partial charge < -0.3 is 10.1 Å². The van der Waals surface area contributed by atoms with Crippen LogP contribution in [0.1, 0.15) is 44.6 Å². The van der Waals surface area contributed by atoms with Crippen LogP contribution >= 0.6 is 0 Å². The van der Waals surface area contributed by atoms with Gasteiger partial charge in [0.05, 0.1) is 6.42 Å². The van der Waals surface area contributed by atoms with Crippen LogP contribution in [0.25, 0.3) is 0 Å². The Morgan fingerprint density at radius 3 is 2.64 bits per heavy atom. The third kappa shape index (κ3) is 6.52. The molecule has 0 unspecified atom stereocenters. The van der Waals surface area contributed by atoms with E-state index >= 15 is 0 Å². The van der Waals surface area contributed by atoms with E-state index in [4.69, 9.17) is 4.74 Å². The molecule has 0 aliphatic heterocycles. The molecule has 1 aliphatic carbocycles. The summed E-state index contributed by atoms with van der Waals surface area (Å²) in [6, 6.07) is 5.08. The first-order valence-electron chi connectivity index (χ1n) is 8.49. The van der Waals surface area contributed by atoms with Gasteiger partial charge in [-0.1, -0.05) is 31.4 Å². The van der Waals surface area contributed by atoms with Crippen molar-refractivity contribution in [2.45, 2.75) is 57.6 Å². The van der Waals surface area contributed by atoms with Crippen molar-refractivity contribution in [1.82, 2.24) is 10.6 Å². The first kappa shape index (κ1) is 18.9. The number of nitrogens with one attached hydrogen (secondary N) is 2. The summed E-state index contributed by atoms with van der Waals surface area (Å²) in [5, 5.41) is 4.93. The molecule has 2 N–H and O–H groups in total. The summed E-state index contributed by atoms with van der Waals surface area (Å²) >= 11 is 0. The second kappa shape index (κ2) is 9.15. The molecular formula is C18H23FN2O4. The van der Waals surface area contributed by atoms with Crippen LogP contribution in [0.5, 0.6) is 0 Å². The number of benzene rings is 1. The molecule has 136 valence electrons. The first-order valence-corrected chi connectivity index (χ1v) is 8.49. The SMILES string of the molecule is C[C@@H](OC(=O)Cc1cccc(F)c1)C(=O)NC(=O)NC1CCCCC1. The Kier molecular flexibility index (Phi) is 6.91. The molecule has 6 nitrogen and oxygen atoms in total. The highest BCUT2D eigenvalue weighted by molar-refractivity contribution is 5.97. The van der Waals surface area contributed by atoms with Crippen LogP contribution in [0.4, 0.5) is 9.18 Å². The maximum atomic E-state index is 13.1. The highest BCUT2D eigenvalue weighted by atomic mass is 19.1. The fourth-order valence-corrected chi connectivity index (χ4v) is 2.79. The molecule has 0 bridgehead atoms. The number of imide groups is 1. The van der Waals surface area contributed by atoms with Crippen LogP contribution in [-0.2, 0) is 20.7 Å². The third-order valence-corrected chi connectivity index (χ3v) is 4.09. The number of urea groups is 1. The number of halogens is 1. The summed E-state index contributed by atoms with van der Waals surface area (Å²) < 4.78 is 18.1. The molecular weight excluding hydrogens is 327 g/mol. The van der Waals surface area contributed by atoms with Gasteiger partial charge in [-0.15, -0.1) is 0 Å². The Balaban J connectivity index is 1.75. The molecule has 2 rings (SSSR count). The van der Waals surface area contributed by atoms with E-state index in [0.717, 1.165) is 32.1 Å². The number of amides is 3. The van der Waals surface area contributed by atoms with Crippen molar-refractivity contribution < 1.29 is 23.5 Å². The van der Waals surface area contributed by atoms with Crippen molar-refractivity contribution in [1.29, 1.82) is 0 Å². The molecule has 1 aliphatic rings. The average molecular weight is 350 g/mol. The number of carbonyl (C=O) groups is 3. The van der Waals surface area contributed by atoms with E-state index in [2.05, 4.69) is 10.6 Å². The van der Waals surface area contributed by atoms with Gasteiger partial charge in [-0.25, -0.2) is 9.18 Å². The van der Waals surface area contributed by atoms with Gasteiger partial charge in [-0.2, -0.15) is 0 Å². The Morgan fingerprint density at radius 1 is 1.24 bits per heavy atom. The number of hydrogen-bond donors (Lipinski definition) is 2. The Bertz CT molecular complexity index is 629. The van der Waals surface area contributed by atoms with Gasteiger partial charge in [0.2, 0.25) is 0 Å². The second-order valence-electron chi connectivity index (χ2n) is 6.24. The molecule has 0 aromatic heterocycles. The maximum absolute atomic E-state index is 13.1. The van der Waals surface area contributed by atoms with Crippen LogP contribution in [0.15, 0.2) is 24.3 Å². The van der Waals surface area contributed by atoms with E-state index in [1.54, 1.807) is 6.07 Å². The number of rotatable bonds is 5. The zero-order chi connectivity index (χ0) is 18.2. The van der Waals surface area contributed by atoms with Gasteiger partial charge in [0, 0.05) is 6.04 Å². The smallest absolute Gasteiger partial charge is 0.321 e. The van der Waals surface area contributed by atoms with Crippen molar-refractivity contribution >= 4 is 17.9 Å². The van der Waals surface area contributed by atoms with Gasteiger partial charge in [0.15, 0.2) is 6.10 Å². The Hall–Kier alpha value is -2.44. The normalized spacial score (nSPS) is 15.9. The first-order chi connectivity index (χ1) is 11.9. The molecule has 1 fully saturated rings. The third-order valence-electron chi connectivity index (χ3n) is 4.09. The molecule has 1 aromatic rings. The van der Waals surface area contributed by atoms with Gasteiger partial charge in [-0.3, -0.25) is 14.9 Å². The second-order valence-corrected chi connectivity index (χ2v) is 6.24. The predicted octanol–water partition coefficient (Wildman–Crippen LogP) is 2.46. The number of carbonyl (C=O) groups excluding carboxylic acids is 3. The highest BCUT2D eigenvalue weighted by Gasteiger charge is 2.22. The van der Waals surface area contributed by atoms with Crippen LogP contribution in [0.2, 0.25) is 0 Å². The van der Waals surface area contributed by atoms with E-state index < -0.39 is 29.8 Å². The lowest BCUT2D eigenvalue weighted by molar-refractivity contribution is -0.153. The minimum absolute atomic E-state index is 0.0763.